The Hall–Kier alpha value is -5.59. The summed E-state index contributed by atoms with van der Waals surface area (Å²) >= 11 is 0. The number of aryl methyl sites for hydroxylation is 1. The van der Waals surface area contributed by atoms with Gasteiger partial charge in [-0.25, -0.2) is 0 Å². The van der Waals surface area contributed by atoms with E-state index in [1.165, 1.54) is 44.8 Å². The van der Waals surface area contributed by atoms with Gasteiger partial charge in [-0.15, -0.1) is 0 Å². The zero-order valence-electron chi connectivity index (χ0n) is 25.5. The first-order chi connectivity index (χ1) is 22.0. The quantitative estimate of drug-likeness (QED) is 0.197. The number of benzene rings is 6. The van der Waals surface area contributed by atoms with Crippen molar-refractivity contribution >= 4 is 22.7 Å². The van der Waals surface area contributed by atoms with Gasteiger partial charge in [-0.3, -0.25) is 0 Å². The number of rotatable bonds is 1. The Morgan fingerprint density at radius 3 is 1.71 bits per heavy atom. The van der Waals surface area contributed by atoms with Crippen LogP contribution in [0.2, 0.25) is 0 Å². The molecule has 6 aromatic carbocycles. The van der Waals surface area contributed by atoms with E-state index in [4.69, 9.17) is 5.73 Å². The Balaban J connectivity index is 1.38. The lowest BCUT2D eigenvalue weighted by atomic mass is 9.73. The molecule has 0 unspecified atom stereocenters. The SMILES string of the molecule is CC1(C)c2ccccc2N(c2ccc3c(c2)CCc2c(ccc(C#N)c2N)-c2ccccc2-c2ccccc2-3)c2ccccc21. The summed E-state index contributed by atoms with van der Waals surface area (Å²) in [6, 6.07) is 48.0. The highest BCUT2D eigenvalue weighted by atomic mass is 15.2. The summed E-state index contributed by atoms with van der Waals surface area (Å²) < 4.78 is 0. The van der Waals surface area contributed by atoms with Gasteiger partial charge in [-0.2, -0.15) is 5.26 Å². The third-order valence-electron chi connectivity index (χ3n) is 9.83. The Labute approximate surface area is 264 Å². The molecule has 0 radical (unpaired) electrons. The van der Waals surface area contributed by atoms with Crippen LogP contribution in [0.5, 0.6) is 0 Å². The molecule has 0 saturated carbocycles. The molecule has 0 fully saturated rings. The molecule has 0 saturated heterocycles. The average Bonchev–Trinajstić information content (AvgIpc) is 3.08. The molecule has 0 aromatic heterocycles. The molecule has 216 valence electrons. The molecule has 2 N–H and O–H groups in total. The lowest BCUT2D eigenvalue weighted by molar-refractivity contribution is 0.632. The van der Waals surface area contributed by atoms with Crippen molar-refractivity contribution in [3.05, 3.63) is 155 Å². The fraction of sp³-hybridized carbons (Fsp3) is 0.119. The summed E-state index contributed by atoms with van der Waals surface area (Å²) in [4.78, 5) is 2.42. The number of anilines is 4. The van der Waals surface area contributed by atoms with E-state index in [0.29, 0.717) is 11.3 Å². The fourth-order valence-corrected chi connectivity index (χ4v) is 7.59. The zero-order valence-corrected chi connectivity index (χ0v) is 25.5. The van der Waals surface area contributed by atoms with Crippen molar-refractivity contribution in [3.63, 3.8) is 0 Å². The highest BCUT2D eigenvalue weighted by molar-refractivity contribution is 5.95. The van der Waals surface area contributed by atoms with Crippen molar-refractivity contribution in [2.75, 3.05) is 10.6 Å². The van der Waals surface area contributed by atoms with Crippen LogP contribution in [-0.4, -0.2) is 0 Å². The van der Waals surface area contributed by atoms with E-state index in [1.807, 2.05) is 6.07 Å². The minimum Gasteiger partial charge on any atom is -0.397 e. The second-order valence-electron chi connectivity index (χ2n) is 12.6. The molecule has 2 aliphatic rings. The van der Waals surface area contributed by atoms with E-state index < -0.39 is 0 Å². The number of nitrogen functional groups attached to an aromatic ring is 1. The third kappa shape index (κ3) is 4.10. The Morgan fingerprint density at radius 2 is 1.11 bits per heavy atom. The Morgan fingerprint density at radius 1 is 0.600 bits per heavy atom. The Bertz CT molecular complexity index is 2130. The topological polar surface area (TPSA) is 53.0 Å². The molecule has 0 spiro atoms. The summed E-state index contributed by atoms with van der Waals surface area (Å²) in [6.45, 7) is 4.64. The first-order valence-electron chi connectivity index (χ1n) is 15.6. The smallest absolute Gasteiger partial charge is 0.101 e. The summed E-state index contributed by atoms with van der Waals surface area (Å²) in [5, 5.41) is 9.87. The molecular formula is C42H33N3. The van der Waals surface area contributed by atoms with Crippen molar-refractivity contribution < 1.29 is 0 Å². The standard InChI is InChI=1S/C42H33N3/c1-42(2)37-15-7-9-17-39(37)45(40-18-10-8-16-38(40)42)29-21-24-30-27(25-29)19-23-36-35(22-20-28(26-43)41(36)44)34-14-6-5-13-33(34)32-12-4-3-11-31(30)32/h3-18,20-22,24-25H,19,23,44H2,1-2H3. The Kier molecular flexibility index (Phi) is 6.15. The lowest BCUT2D eigenvalue weighted by Crippen LogP contribution is -2.30. The molecule has 45 heavy (non-hydrogen) atoms. The van der Waals surface area contributed by atoms with Gasteiger partial charge in [-0.05, 0) is 98.8 Å². The number of nitrogens with zero attached hydrogens (tertiary/aromatic N) is 2. The summed E-state index contributed by atoms with van der Waals surface area (Å²) in [5.41, 5.74) is 23.3. The van der Waals surface area contributed by atoms with Gasteiger partial charge in [0.15, 0.2) is 0 Å². The molecule has 6 aromatic rings. The van der Waals surface area contributed by atoms with Gasteiger partial charge in [0.1, 0.15) is 6.07 Å². The normalized spacial score (nSPS) is 14.0. The maximum absolute atomic E-state index is 9.87. The largest absolute Gasteiger partial charge is 0.397 e. The van der Waals surface area contributed by atoms with Crippen molar-refractivity contribution in [2.24, 2.45) is 0 Å². The van der Waals surface area contributed by atoms with Crippen molar-refractivity contribution in [1.82, 2.24) is 0 Å². The summed E-state index contributed by atoms with van der Waals surface area (Å²) in [7, 11) is 0. The van der Waals surface area contributed by atoms with Gasteiger partial charge >= 0.3 is 0 Å². The molecule has 1 heterocycles. The number of nitriles is 1. The molecule has 0 bridgehead atoms. The predicted molar refractivity (Wildman–Crippen MR) is 186 cm³/mol. The molecular weight excluding hydrogens is 546 g/mol. The number of para-hydroxylation sites is 2. The summed E-state index contributed by atoms with van der Waals surface area (Å²) in [6.07, 6.45) is 1.51. The zero-order chi connectivity index (χ0) is 30.7. The first-order valence-corrected chi connectivity index (χ1v) is 15.6. The van der Waals surface area contributed by atoms with Gasteiger partial charge < -0.3 is 10.6 Å². The third-order valence-corrected chi connectivity index (χ3v) is 9.83. The number of hydrogen-bond acceptors (Lipinski definition) is 3. The maximum Gasteiger partial charge on any atom is 0.101 e. The van der Waals surface area contributed by atoms with Crippen LogP contribution in [-0.2, 0) is 18.3 Å². The fourth-order valence-electron chi connectivity index (χ4n) is 7.59. The average molecular weight is 580 g/mol. The number of nitrogens with two attached hydrogens (primary N) is 1. The van der Waals surface area contributed by atoms with Crippen molar-refractivity contribution in [3.8, 4) is 39.4 Å². The van der Waals surface area contributed by atoms with Crippen LogP contribution in [0.3, 0.4) is 0 Å². The molecule has 3 heteroatoms. The van der Waals surface area contributed by atoms with Crippen LogP contribution < -0.4 is 10.6 Å². The highest BCUT2D eigenvalue weighted by Crippen LogP contribution is 2.52. The van der Waals surface area contributed by atoms with Crippen LogP contribution in [0.15, 0.2) is 127 Å². The van der Waals surface area contributed by atoms with Gasteiger partial charge in [0.25, 0.3) is 0 Å². The van der Waals surface area contributed by atoms with Crippen LogP contribution in [0.1, 0.15) is 41.7 Å². The van der Waals surface area contributed by atoms with Crippen LogP contribution in [0.25, 0.3) is 33.4 Å². The minimum absolute atomic E-state index is 0.116. The van der Waals surface area contributed by atoms with Crippen LogP contribution in [0.4, 0.5) is 22.7 Å². The molecule has 0 amide bonds. The van der Waals surface area contributed by atoms with E-state index in [0.717, 1.165) is 40.8 Å². The van der Waals surface area contributed by atoms with Crippen LogP contribution >= 0.6 is 0 Å². The van der Waals surface area contributed by atoms with Crippen LogP contribution in [0, 0.1) is 11.3 Å². The first kappa shape index (κ1) is 27.0. The molecule has 8 rings (SSSR count). The second-order valence-corrected chi connectivity index (χ2v) is 12.6. The number of hydrogen-bond donors (Lipinski definition) is 1. The molecule has 0 atom stereocenters. The summed E-state index contributed by atoms with van der Waals surface area (Å²) in [5.74, 6) is 0. The van der Waals surface area contributed by atoms with E-state index in [-0.39, 0.29) is 5.41 Å². The van der Waals surface area contributed by atoms with E-state index in [2.05, 4.69) is 146 Å². The van der Waals surface area contributed by atoms with Crippen molar-refractivity contribution in [1.29, 1.82) is 5.26 Å². The lowest BCUT2D eigenvalue weighted by Gasteiger charge is -2.42. The van der Waals surface area contributed by atoms with E-state index in [9.17, 15) is 5.26 Å². The van der Waals surface area contributed by atoms with Gasteiger partial charge in [0, 0.05) is 11.1 Å². The minimum atomic E-state index is -0.116. The highest BCUT2D eigenvalue weighted by Gasteiger charge is 2.36. The van der Waals surface area contributed by atoms with Gasteiger partial charge in [-0.1, -0.05) is 111 Å². The van der Waals surface area contributed by atoms with Gasteiger partial charge in [0.2, 0.25) is 0 Å². The predicted octanol–water partition coefficient (Wildman–Crippen LogP) is 10.3. The monoisotopic (exact) mass is 579 g/mol. The molecule has 1 aliphatic heterocycles. The van der Waals surface area contributed by atoms with Gasteiger partial charge in [0.05, 0.1) is 22.6 Å². The van der Waals surface area contributed by atoms with E-state index in [1.54, 1.807) is 0 Å². The molecule has 1 aliphatic carbocycles. The molecule has 3 nitrogen and oxygen atoms in total. The van der Waals surface area contributed by atoms with E-state index >= 15 is 0 Å². The maximum atomic E-state index is 9.87. The second kappa shape index (κ2) is 10.3. The van der Waals surface area contributed by atoms with Crippen molar-refractivity contribution in [2.45, 2.75) is 32.1 Å². The number of fused-ring (bicyclic) bond motifs is 9.